The van der Waals surface area contributed by atoms with Crippen molar-refractivity contribution in [1.82, 2.24) is 0 Å². The zero-order chi connectivity index (χ0) is 12.3. The number of hydrogen-bond donors (Lipinski definition) is 4. The quantitative estimate of drug-likeness (QED) is 0.388. The third-order valence-corrected chi connectivity index (χ3v) is 3.00. The van der Waals surface area contributed by atoms with Crippen LogP contribution in [-0.2, 0) is 9.59 Å². The van der Waals surface area contributed by atoms with E-state index in [1.165, 1.54) is 0 Å². The third kappa shape index (κ3) is 2.65. The molecule has 0 radical (unpaired) electrons. The van der Waals surface area contributed by atoms with Crippen LogP contribution >= 0.6 is 0 Å². The number of hydrogen-bond acceptors (Lipinski definition) is 4. The van der Waals surface area contributed by atoms with Crippen LogP contribution in [0, 0.1) is 22.7 Å². The Morgan fingerprint density at radius 2 is 1.06 bits per heavy atom. The van der Waals surface area contributed by atoms with E-state index in [0.29, 0.717) is 25.7 Å². The molecule has 0 aromatic rings. The summed E-state index contributed by atoms with van der Waals surface area (Å²) in [6.45, 7) is 0. The summed E-state index contributed by atoms with van der Waals surface area (Å²) in [7, 11) is 0. The predicted molar refractivity (Wildman–Crippen MR) is 59.3 cm³/mol. The molecule has 0 aliphatic heterocycles. The van der Waals surface area contributed by atoms with E-state index in [1.807, 2.05) is 0 Å². The third-order valence-electron chi connectivity index (χ3n) is 3.00. The highest BCUT2D eigenvalue weighted by atomic mass is 16.1. The van der Waals surface area contributed by atoms with Crippen LogP contribution in [0.5, 0.6) is 0 Å². The maximum atomic E-state index is 11.4. The number of rotatable bonds is 4. The molecule has 1 saturated carbocycles. The largest absolute Gasteiger partial charge is 0.381 e. The molecular formula is C10H16N4O2. The van der Waals surface area contributed by atoms with E-state index in [2.05, 4.69) is 0 Å². The van der Waals surface area contributed by atoms with E-state index in [1.54, 1.807) is 0 Å². The van der Waals surface area contributed by atoms with Crippen molar-refractivity contribution in [2.24, 2.45) is 23.3 Å². The minimum Gasteiger partial charge on any atom is -0.381 e. The number of ketones is 2. The average molecular weight is 224 g/mol. The monoisotopic (exact) mass is 224 g/mol. The summed E-state index contributed by atoms with van der Waals surface area (Å²) in [5.74, 6) is -1.99. The van der Waals surface area contributed by atoms with E-state index in [9.17, 15) is 9.59 Å². The summed E-state index contributed by atoms with van der Waals surface area (Å²) in [5, 5.41) is 14.1. The molecule has 0 aromatic carbocycles. The molecule has 88 valence electrons. The minimum absolute atomic E-state index is 0.242. The van der Waals surface area contributed by atoms with Gasteiger partial charge in [0, 0.05) is 11.8 Å². The van der Waals surface area contributed by atoms with E-state index in [-0.39, 0.29) is 23.4 Å². The van der Waals surface area contributed by atoms with Crippen molar-refractivity contribution in [3.05, 3.63) is 0 Å². The molecule has 0 heterocycles. The van der Waals surface area contributed by atoms with Crippen LogP contribution in [0.15, 0.2) is 0 Å². The first-order chi connectivity index (χ1) is 7.43. The molecule has 1 fully saturated rings. The van der Waals surface area contributed by atoms with E-state index < -0.39 is 11.7 Å². The van der Waals surface area contributed by atoms with Gasteiger partial charge in [0.15, 0.2) is 23.2 Å². The molecule has 0 atom stereocenters. The molecule has 0 aromatic heterocycles. The fraction of sp³-hybridized carbons (Fsp3) is 0.600. The van der Waals surface area contributed by atoms with E-state index >= 15 is 0 Å². The molecule has 0 amide bonds. The van der Waals surface area contributed by atoms with Gasteiger partial charge in [-0.15, -0.1) is 0 Å². The lowest BCUT2D eigenvalue weighted by Crippen LogP contribution is -2.36. The normalized spacial score (nSPS) is 24.8. The first-order valence-corrected chi connectivity index (χ1v) is 5.20. The topological polar surface area (TPSA) is 134 Å². The van der Waals surface area contributed by atoms with Gasteiger partial charge < -0.3 is 11.5 Å². The lowest BCUT2D eigenvalue weighted by atomic mass is 9.78. The van der Waals surface area contributed by atoms with E-state index in [4.69, 9.17) is 22.3 Å². The van der Waals surface area contributed by atoms with Crippen LogP contribution in [0.3, 0.4) is 0 Å². The standard InChI is InChI=1S/C10H16N4O2/c11-9(12)7(15)5-1-2-6(4-3-5)8(16)10(13)14/h5-6H,1-4H2,(H3,11,12)(H3,13,14). The van der Waals surface area contributed by atoms with Crippen molar-refractivity contribution in [3.8, 4) is 0 Å². The van der Waals surface area contributed by atoms with Crippen molar-refractivity contribution >= 4 is 23.2 Å². The summed E-state index contributed by atoms with van der Waals surface area (Å²) in [6, 6.07) is 0. The maximum absolute atomic E-state index is 11.4. The average Bonchev–Trinajstić information content (AvgIpc) is 2.27. The summed E-state index contributed by atoms with van der Waals surface area (Å²) in [4.78, 5) is 22.8. The summed E-state index contributed by atoms with van der Waals surface area (Å²) >= 11 is 0. The van der Waals surface area contributed by atoms with Crippen LogP contribution in [0.2, 0.25) is 0 Å². The predicted octanol–water partition coefficient (Wildman–Crippen LogP) is -0.197. The molecular weight excluding hydrogens is 208 g/mol. The first-order valence-electron chi connectivity index (χ1n) is 5.20. The molecule has 0 bridgehead atoms. The number of carbonyl (C=O) groups excluding carboxylic acids is 2. The Hall–Kier alpha value is -1.72. The number of carbonyl (C=O) groups is 2. The lowest BCUT2D eigenvalue weighted by molar-refractivity contribution is -0.121. The van der Waals surface area contributed by atoms with Gasteiger partial charge in [-0.1, -0.05) is 0 Å². The van der Waals surface area contributed by atoms with Crippen LogP contribution in [0.1, 0.15) is 25.7 Å². The van der Waals surface area contributed by atoms with Crippen LogP contribution in [0.25, 0.3) is 0 Å². The van der Waals surface area contributed by atoms with Gasteiger partial charge in [-0.25, -0.2) is 0 Å². The highest BCUT2D eigenvalue weighted by molar-refractivity contribution is 6.38. The molecule has 0 spiro atoms. The van der Waals surface area contributed by atoms with Crippen LogP contribution < -0.4 is 11.5 Å². The zero-order valence-electron chi connectivity index (χ0n) is 8.95. The molecule has 1 aliphatic rings. The lowest BCUT2D eigenvalue weighted by Gasteiger charge is -2.25. The van der Waals surface area contributed by atoms with E-state index in [0.717, 1.165) is 0 Å². The van der Waals surface area contributed by atoms with Crippen LogP contribution in [0.4, 0.5) is 0 Å². The molecule has 0 saturated heterocycles. The van der Waals surface area contributed by atoms with Crippen molar-refractivity contribution in [1.29, 1.82) is 10.8 Å². The van der Waals surface area contributed by atoms with Crippen molar-refractivity contribution in [2.75, 3.05) is 0 Å². The summed E-state index contributed by atoms with van der Waals surface area (Å²) in [6.07, 6.45) is 2.17. The Labute approximate surface area is 93.4 Å². The molecule has 0 unspecified atom stereocenters. The Balaban J connectivity index is 2.52. The maximum Gasteiger partial charge on any atom is 0.199 e. The first kappa shape index (κ1) is 12.4. The second-order valence-electron chi connectivity index (χ2n) is 4.10. The van der Waals surface area contributed by atoms with Gasteiger partial charge in [-0.3, -0.25) is 20.4 Å². The number of nitrogens with two attached hydrogens (primary N) is 2. The SMILES string of the molecule is N=C(N)C(=O)C1CCC(C(=O)C(=N)N)CC1. The Bertz CT molecular complexity index is 309. The van der Waals surface area contributed by atoms with Gasteiger partial charge in [0.1, 0.15) is 0 Å². The molecule has 6 N–H and O–H groups in total. The molecule has 6 heteroatoms. The highest BCUT2D eigenvalue weighted by Gasteiger charge is 2.31. The second kappa shape index (κ2) is 4.87. The van der Waals surface area contributed by atoms with Crippen LogP contribution in [-0.4, -0.2) is 23.2 Å². The van der Waals surface area contributed by atoms with Crippen molar-refractivity contribution in [2.45, 2.75) is 25.7 Å². The van der Waals surface area contributed by atoms with Gasteiger partial charge in [0.2, 0.25) is 0 Å². The zero-order valence-corrected chi connectivity index (χ0v) is 8.95. The fourth-order valence-electron chi connectivity index (χ4n) is 2.06. The summed E-state index contributed by atoms with van der Waals surface area (Å²) < 4.78 is 0. The van der Waals surface area contributed by atoms with Gasteiger partial charge in [0.05, 0.1) is 0 Å². The Morgan fingerprint density at radius 3 is 1.25 bits per heavy atom. The minimum atomic E-state index is -0.415. The second-order valence-corrected chi connectivity index (χ2v) is 4.10. The molecule has 1 rings (SSSR count). The Kier molecular flexibility index (Phi) is 3.76. The smallest absolute Gasteiger partial charge is 0.199 e. The molecule has 16 heavy (non-hydrogen) atoms. The molecule has 6 nitrogen and oxygen atoms in total. The highest BCUT2D eigenvalue weighted by Crippen LogP contribution is 2.29. The number of nitrogens with one attached hydrogen (secondary N) is 2. The molecule has 1 aliphatic carbocycles. The number of amidine groups is 2. The Morgan fingerprint density at radius 1 is 0.812 bits per heavy atom. The van der Waals surface area contributed by atoms with Gasteiger partial charge in [0.25, 0.3) is 0 Å². The fourth-order valence-corrected chi connectivity index (χ4v) is 2.06. The van der Waals surface area contributed by atoms with Gasteiger partial charge in [-0.05, 0) is 25.7 Å². The van der Waals surface area contributed by atoms with Gasteiger partial charge >= 0.3 is 0 Å². The number of Topliss-reactive ketones (excluding diaryl/α,β-unsaturated/α-hetero) is 2. The summed E-state index contributed by atoms with van der Waals surface area (Å²) in [5.41, 5.74) is 10.2. The van der Waals surface area contributed by atoms with Crippen molar-refractivity contribution in [3.63, 3.8) is 0 Å². The van der Waals surface area contributed by atoms with Crippen molar-refractivity contribution < 1.29 is 9.59 Å². The van der Waals surface area contributed by atoms with Gasteiger partial charge in [-0.2, -0.15) is 0 Å².